The number of hydrogen-bond donors (Lipinski definition) is 0. The highest BCUT2D eigenvalue weighted by atomic mass is 32.2. The Balaban J connectivity index is 2.32. The number of hydrogen-bond acceptors (Lipinski definition) is 4. The molecule has 0 N–H and O–H groups in total. The summed E-state index contributed by atoms with van der Waals surface area (Å²) in [5, 5.41) is 0. The molecule has 0 spiro atoms. The summed E-state index contributed by atoms with van der Waals surface area (Å²) in [6.07, 6.45) is 8.05. The van der Waals surface area contributed by atoms with Gasteiger partial charge in [-0.3, -0.25) is 4.98 Å². The second-order valence-electron chi connectivity index (χ2n) is 5.49. The van der Waals surface area contributed by atoms with Crippen LogP contribution >= 0.6 is 23.5 Å². The van der Waals surface area contributed by atoms with Crippen molar-refractivity contribution in [1.82, 2.24) is 4.98 Å². The molecular weight excluding hydrogens is 320 g/mol. The van der Waals surface area contributed by atoms with E-state index < -0.39 is 0 Å². The van der Waals surface area contributed by atoms with E-state index >= 15 is 0 Å². The maximum atomic E-state index is 4.16. The highest BCUT2D eigenvalue weighted by Crippen LogP contribution is 2.50. The second-order valence-corrected chi connectivity index (χ2v) is 7.12. The third-order valence-corrected chi connectivity index (χ3v) is 5.63. The molecule has 0 radical (unpaired) electrons. The quantitative estimate of drug-likeness (QED) is 0.594. The molecule has 0 bridgehead atoms. The van der Waals surface area contributed by atoms with Gasteiger partial charge >= 0.3 is 0 Å². The van der Waals surface area contributed by atoms with Crippen molar-refractivity contribution in [2.24, 2.45) is 0 Å². The van der Waals surface area contributed by atoms with Gasteiger partial charge in [0.15, 0.2) is 0 Å². The molecule has 0 aromatic carbocycles. The summed E-state index contributed by atoms with van der Waals surface area (Å²) in [6, 6.07) is 13.1. The maximum absolute atomic E-state index is 4.16. The minimum absolute atomic E-state index is 1.21. The van der Waals surface area contributed by atoms with Crippen LogP contribution in [0.1, 0.15) is 0 Å². The number of pyridine rings is 1. The first kappa shape index (κ1) is 16.2. The minimum Gasteiger partial charge on any atom is -0.378 e. The lowest BCUT2D eigenvalue weighted by molar-refractivity contribution is 1.13. The van der Waals surface area contributed by atoms with Gasteiger partial charge in [0.2, 0.25) is 0 Å². The van der Waals surface area contributed by atoms with E-state index in [4.69, 9.17) is 0 Å². The highest BCUT2D eigenvalue weighted by Gasteiger charge is 2.22. The molecule has 0 amide bonds. The molecule has 1 aromatic rings. The van der Waals surface area contributed by atoms with Gasteiger partial charge in [-0.2, -0.15) is 0 Å². The van der Waals surface area contributed by atoms with E-state index in [1.807, 2.05) is 35.9 Å². The van der Waals surface area contributed by atoms with Crippen molar-refractivity contribution in [3.8, 4) is 22.3 Å². The van der Waals surface area contributed by atoms with Crippen LogP contribution in [-0.2, 0) is 0 Å². The molecule has 23 heavy (non-hydrogen) atoms. The number of rotatable bonds is 4. The van der Waals surface area contributed by atoms with E-state index in [1.54, 1.807) is 0 Å². The zero-order valence-corrected chi connectivity index (χ0v) is 15.5. The third-order valence-electron chi connectivity index (χ3n) is 3.97. The van der Waals surface area contributed by atoms with Gasteiger partial charge in [-0.25, -0.2) is 0 Å². The zero-order valence-electron chi connectivity index (χ0n) is 13.8. The van der Waals surface area contributed by atoms with Crippen molar-refractivity contribution < 1.29 is 0 Å². The minimum atomic E-state index is 1.21. The average molecular weight is 341 g/mol. The summed E-state index contributed by atoms with van der Waals surface area (Å²) in [6.45, 7) is 0. The van der Waals surface area contributed by atoms with E-state index in [2.05, 4.69) is 72.9 Å². The first-order chi connectivity index (χ1) is 11.2. The molecule has 2 aliphatic carbocycles. The zero-order chi connectivity index (χ0) is 16.4. The molecular formula is C19H20N2S2. The lowest BCUT2D eigenvalue weighted by atomic mass is 10.1. The standard InChI is InChI=1S/C19H20N2S2/c1-21(2)14-5-7-15-16(8-6-14)19(23-4)17(18(15)22-3)13-9-11-20-12-10-13/h5-12H,1-4H3. The Kier molecular flexibility index (Phi) is 4.83. The topological polar surface area (TPSA) is 16.1 Å². The average Bonchev–Trinajstić information content (AvgIpc) is 2.71. The molecule has 0 saturated heterocycles. The van der Waals surface area contributed by atoms with Crippen molar-refractivity contribution in [2.45, 2.75) is 9.79 Å². The van der Waals surface area contributed by atoms with Crippen LogP contribution in [0.25, 0.3) is 22.3 Å². The van der Waals surface area contributed by atoms with Crippen molar-refractivity contribution in [3.05, 3.63) is 48.8 Å². The molecule has 1 aromatic heterocycles. The van der Waals surface area contributed by atoms with Gasteiger partial charge in [0.1, 0.15) is 0 Å². The van der Waals surface area contributed by atoms with E-state index in [0.29, 0.717) is 0 Å². The van der Waals surface area contributed by atoms with Gasteiger partial charge in [0, 0.05) is 47.5 Å². The summed E-state index contributed by atoms with van der Waals surface area (Å²) in [4.78, 5) is 8.98. The third kappa shape index (κ3) is 2.93. The number of thioether (sulfide) groups is 2. The van der Waals surface area contributed by atoms with Crippen molar-refractivity contribution in [3.63, 3.8) is 0 Å². The Morgan fingerprint density at radius 3 is 1.74 bits per heavy atom. The molecule has 2 nitrogen and oxygen atoms in total. The largest absolute Gasteiger partial charge is 0.378 e. The van der Waals surface area contributed by atoms with E-state index in [-0.39, 0.29) is 0 Å². The monoisotopic (exact) mass is 340 g/mol. The molecule has 0 unspecified atom stereocenters. The first-order valence-corrected chi connectivity index (χ1v) is 9.87. The summed E-state index contributed by atoms with van der Waals surface area (Å²) >= 11 is 3.64. The Labute approximate surface area is 146 Å². The van der Waals surface area contributed by atoms with Crippen LogP contribution in [0.3, 0.4) is 0 Å². The van der Waals surface area contributed by atoms with Gasteiger partial charge in [-0.05, 0) is 53.5 Å². The van der Waals surface area contributed by atoms with E-state index in [0.717, 1.165) is 0 Å². The molecule has 0 aliphatic heterocycles. The molecule has 118 valence electrons. The molecule has 2 aliphatic rings. The van der Waals surface area contributed by atoms with Crippen LogP contribution in [0.5, 0.6) is 0 Å². The van der Waals surface area contributed by atoms with Gasteiger partial charge in [0.05, 0.1) is 0 Å². The summed E-state index contributed by atoms with van der Waals surface area (Å²) in [5.41, 5.74) is 6.43. The molecule has 0 saturated carbocycles. The van der Waals surface area contributed by atoms with Crippen LogP contribution in [0.15, 0.2) is 58.6 Å². The Morgan fingerprint density at radius 2 is 1.30 bits per heavy atom. The number of aromatic nitrogens is 1. The van der Waals surface area contributed by atoms with Crippen LogP contribution in [0, 0.1) is 0 Å². The van der Waals surface area contributed by atoms with Gasteiger partial charge in [0.25, 0.3) is 0 Å². The van der Waals surface area contributed by atoms with Crippen LogP contribution in [0.2, 0.25) is 0 Å². The lowest BCUT2D eigenvalue weighted by Gasteiger charge is -2.09. The van der Waals surface area contributed by atoms with Crippen LogP contribution in [-0.4, -0.2) is 31.6 Å². The number of anilines is 1. The molecule has 0 atom stereocenters. The van der Waals surface area contributed by atoms with Gasteiger partial charge in [-0.1, -0.05) is 12.1 Å². The number of nitrogens with zero attached hydrogens (tertiary/aromatic N) is 2. The predicted molar refractivity (Wildman–Crippen MR) is 104 cm³/mol. The fraction of sp³-hybridized carbons (Fsp3) is 0.211. The fourth-order valence-corrected chi connectivity index (χ4v) is 4.55. The smallest absolute Gasteiger partial charge is 0.0361 e. The molecule has 3 rings (SSSR count). The van der Waals surface area contributed by atoms with Crippen molar-refractivity contribution in [2.75, 3.05) is 31.5 Å². The first-order valence-electron chi connectivity index (χ1n) is 7.42. The van der Waals surface area contributed by atoms with E-state index in [9.17, 15) is 0 Å². The second kappa shape index (κ2) is 6.85. The summed E-state index contributed by atoms with van der Waals surface area (Å²) < 4.78 is 0. The maximum Gasteiger partial charge on any atom is 0.0361 e. The lowest BCUT2D eigenvalue weighted by Crippen LogP contribution is -2.07. The van der Waals surface area contributed by atoms with Crippen molar-refractivity contribution in [1.29, 1.82) is 0 Å². The SMILES string of the molecule is CSc1c2ccc(N(C)C)ccc-2c(SC)c1-c1ccncc1. The Morgan fingerprint density at radius 1 is 0.783 bits per heavy atom. The normalized spacial score (nSPS) is 11.0. The van der Waals surface area contributed by atoms with Gasteiger partial charge < -0.3 is 4.90 Å². The molecule has 0 fully saturated rings. The Bertz CT molecular complexity index is 743. The van der Waals surface area contributed by atoms with Gasteiger partial charge in [-0.15, -0.1) is 23.5 Å². The van der Waals surface area contributed by atoms with Crippen molar-refractivity contribution >= 4 is 29.2 Å². The van der Waals surface area contributed by atoms with Crippen LogP contribution in [0.4, 0.5) is 5.69 Å². The summed E-state index contributed by atoms with van der Waals surface area (Å²) in [7, 11) is 4.15. The Hall–Kier alpha value is -1.65. The number of fused-ring (bicyclic) bond motifs is 1. The van der Waals surface area contributed by atoms with E-state index in [1.165, 1.54) is 37.7 Å². The molecule has 1 heterocycles. The summed E-state index contributed by atoms with van der Waals surface area (Å²) in [5.74, 6) is 0. The fourth-order valence-electron chi connectivity index (χ4n) is 2.84. The van der Waals surface area contributed by atoms with Crippen LogP contribution < -0.4 is 4.90 Å². The molecule has 4 heteroatoms. The predicted octanol–water partition coefficient (Wildman–Crippen LogP) is 5.36. The highest BCUT2D eigenvalue weighted by molar-refractivity contribution is 8.00.